The first-order valence-corrected chi connectivity index (χ1v) is 10.9. The molecule has 5 nitrogen and oxygen atoms in total. The minimum atomic E-state index is -0.0899. The van der Waals surface area contributed by atoms with E-state index in [0.29, 0.717) is 24.7 Å². The lowest BCUT2D eigenvalue weighted by Crippen LogP contribution is -2.60. The number of anilines is 2. The Labute approximate surface area is 185 Å². The van der Waals surface area contributed by atoms with Gasteiger partial charge in [0.15, 0.2) is 0 Å². The number of carbonyl (C=O) groups excluding carboxylic acids is 1. The normalized spacial score (nSPS) is 17.8. The number of carbonyl (C=O) groups is 1. The molecule has 1 unspecified atom stereocenters. The second kappa shape index (κ2) is 8.46. The van der Waals surface area contributed by atoms with Gasteiger partial charge >= 0.3 is 6.03 Å². The standard InChI is InChI=1S/C24H33ClN4O/c1-23(2,3)17-9-11-18(12-10-17)27-22(30)29-15-14-28(16-20(29)24(4,5)6)21-19(25)8-7-13-26-21/h7-13,20H,14-16H2,1-6H3,(H,27,30). The van der Waals surface area contributed by atoms with Crippen molar-refractivity contribution < 1.29 is 4.79 Å². The van der Waals surface area contributed by atoms with E-state index in [4.69, 9.17) is 11.6 Å². The third kappa shape index (κ3) is 5.07. The van der Waals surface area contributed by atoms with Crippen molar-refractivity contribution in [3.63, 3.8) is 0 Å². The van der Waals surface area contributed by atoms with Crippen LogP contribution in [0.3, 0.4) is 0 Å². The Balaban J connectivity index is 1.76. The highest BCUT2D eigenvalue weighted by Gasteiger charge is 2.38. The number of rotatable bonds is 2. The molecule has 1 saturated heterocycles. The highest BCUT2D eigenvalue weighted by molar-refractivity contribution is 6.32. The van der Waals surface area contributed by atoms with Gasteiger partial charge in [0.05, 0.1) is 11.1 Å². The van der Waals surface area contributed by atoms with Crippen LogP contribution in [0.25, 0.3) is 0 Å². The topological polar surface area (TPSA) is 48.5 Å². The van der Waals surface area contributed by atoms with Crippen molar-refractivity contribution in [2.24, 2.45) is 5.41 Å². The Hall–Kier alpha value is -2.27. The zero-order valence-electron chi connectivity index (χ0n) is 18.9. The van der Waals surface area contributed by atoms with Gasteiger partial charge in [0.2, 0.25) is 0 Å². The Morgan fingerprint density at radius 2 is 1.73 bits per heavy atom. The van der Waals surface area contributed by atoms with Gasteiger partial charge in [-0.25, -0.2) is 9.78 Å². The van der Waals surface area contributed by atoms with Crippen molar-refractivity contribution in [2.75, 3.05) is 29.9 Å². The van der Waals surface area contributed by atoms with Gasteiger partial charge in [0.25, 0.3) is 0 Å². The van der Waals surface area contributed by atoms with Crippen LogP contribution in [-0.4, -0.2) is 41.6 Å². The van der Waals surface area contributed by atoms with E-state index in [0.717, 1.165) is 11.5 Å². The molecule has 1 aliphatic rings. The van der Waals surface area contributed by atoms with Crippen LogP contribution in [0.2, 0.25) is 5.02 Å². The maximum atomic E-state index is 13.2. The first-order valence-electron chi connectivity index (χ1n) is 10.5. The number of amides is 2. The average Bonchev–Trinajstić information content (AvgIpc) is 2.67. The molecule has 3 rings (SSSR count). The summed E-state index contributed by atoms with van der Waals surface area (Å²) < 4.78 is 0. The lowest BCUT2D eigenvalue weighted by atomic mass is 9.84. The summed E-state index contributed by atoms with van der Waals surface area (Å²) in [4.78, 5) is 21.8. The van der Waals surface area contributed by atoms with E-state index in [1.807, 2.05) is 29.2 Å². The van der Waals surface area contributed by atoms with E-state index in [9.17, 15) is 4.79 Å². The minimum absolute atomic E-state index is 0.0261. The molecule has 0 aliphatic carbocycles. The number of nitrogens with zero attached hydrogens (tertiary/aromatic N) is 3. The SMILES string of the molecule is CC(C)(C)c1ccc(NC(=O)N2CCN(c3ncccc3Cl)CC2C(C)(C)C)cc1. The van der Waals surface area contributed by atoms with Crippen LogP contribution in [0.5, 0.6) is 0 Å². The fourth-order valence-electron chi connectivity index (χ4n) is 3.82. The molecule has 0 radical (unpaired) electrons. The van der Waals surface area contributed by atoms with E-state index >= 15 is 0 Å². The quantitative estimate of drug-likeness (QED) is 0.657. The molecule has 0 saturated carbocycles. The molecule has 2 amide bonds. The summed E-state index contributed by atoms with van der Waals surface area (Å²) >= 11 is 6.37. The van der Waals surface area contributed by atoms with Gasteiger partial charge in [0, 0.05) is 31.5 Å². The predicted molar refractivity (Wildman–Crippen MR) is 126 cm³/mol. The highest BCUT2D eigenvalue weighted by atomic mass is 35.5. The third-order valence-electron chi connectivity index (χ3n) is 5.68. The summed E-state index contributed by atoms with van der Waals surface area (Å²) in [5, 5.41) is 3.73. The number of hydrogen-bond acceptors (Lipinski definition) is 3. The average molecular weight is 429 g/mol. The smallest absolute Gasteiger partial charge is 0.322 e. The van der Waals surface area contributed by atoms with Crippen molar-refractivity contribution >= 4 is 29.1 Å². The first kappa shape index (κ1) is 22.4. The van der Waals surface area contributed by atoms with Gasteiger partial charge in [-0.15, -0.1) is 0 Å². The van der Waals surface area contributed by atoms with Crippen molar-refractivity contribution in [1.82, 2.24) is 9.88 Å². The summed E-state index contributed by atoms with van der Waals surface area (Å²) in [6.45, 7) is 15.0. The summed E-state index contributed by atoms with van der Waals surface area (Å²) in [6.07, 6.45) is 1.76. The van der Waals surface area contributed by atoms with E-state index in [1.54, 1.807) is 6.20 Å². The largest absolute Gasteiger partial charge is 0.352 e. The zero-order chi connectivity index (χ0) is 22.1. The number of hydrogen-bond donors (Lipinski definition) is 1. The maximum absolute atomic E-state index is 13.2. The number of halogens is 1. The lowest BCUT2D eigenvalue weighted by molar-refractivity contribution is 0.114. The molecule has 30 heavy (non-hydrogen) atoms. The van der Waals surface area contributed by atoms with Gasteiger partial charge in [-0.2, -0.15) is 0 Å². The molecule has 1 N–H and O–H groups in total. The Morgan fingerprint density at radius 1 is 1.07 bits per heavy atom. The van der Waals surface area contributed by atoms with Crippen LogP contribution in [0.1, 0.15) is 47.1 Å². The molecule has 6 heteroatoms. The second-order valence-electron chi connectivity index (χ2n) is 10.1. The molecular formula is C24H33ClN4O. The molecule has 1 atom stereocenters. The molecule has 162 valence electrons. The van der Waals surface area contributed by atoms with Crippen LogP contribution >= 0.6 is 11.6 Å². The number of urea groups is 1. The molecule has 2 aromatic rings. The lowest BCUT2D eigenvalue weighted by Gasteiger charge is -2.47. The summed E-state index contributed by atoms with van der Waals surface area (Å²) in [5.74, 6) is 0.784. The van der Waals surface area contributed by atoms with E-state index in [2.05, 4.69) is 68.9 Å². The van der Waals surface area contributed by atoms with Crippen LogP contribution in [-0.2, 0) is 5.41 Å². The summed E-state index contributed by atoms with van der Waals surface area (Å²) in [6, 6.07) is 11.8. The maximum Gasteiger partial charge on any atom is 0.322 e. The fraction of sp³-hybridized carbons (Fsp3) is 0.500. The van der Waals surface area contributed by atoms with Gasteiger partial charge in [-0.1, -0.05) is 65.3 Å². The monoisotopic (exact) mass is 428 g/mol. The number of piperazine rings is 1. The minimum Gasteiger partial charge on any atom is -0.352 e. The molecule has 1 aromatic heterocycles. The predicted octanol–water partition coefficient (Wildman–Crippen LogP) is 5.80. The highest BCUT2D eigenvalue weighted by Crippen LogP contribution is 2.32. The van der Waals surface area contributed by atoms with Crippen LogP contribution < -0.4 is 10.2 Å². The molecule has 1 aliphatic heterocycles. The van der Waals surface area contributed by atoms with Crippen LogP contribution in [0.4, 0.5) is 16.3 Å². The van der Waals surface area contributed by atoms with E-state index < -0.39 is 0 Å². The Morgan fingerprint density at radius 3 is 2.30 bits per heavy atom. The third-order valence-corrected chi connectivity index (χ3v) is 5.98. The van der Waals surface area contributed by atoms with Gasteiger partial charge in [-0.3, -0.25) is 0 Å². The van der Waals surface area contributed by atoms with Gasteiger partial charge in [0.1, 0.15) is 5.82 Å². The summed E-state index contributed by atoms with van der Waals surface area (Å²) in [5.41, 5.74) is 2.06. The molecule has 1 aromatic carbocycles. The number of benzene rings is 1. The second-order valence-corrected chi connectivity index (χ2v) is 10.5. The number of nitrogens with one attached hydrogen (secondary N) is 1. The number of aromatic nitrogens is 1. The fourth-order valence-corrected chi connectivity index (χ4v) is 4.06. The van der Waals surface area contributed by atoms with Crippen molar-refractivity contribution in [2.45, 2.75) is 53.0 Å². The number of pyridine rings is 1. The van der Waals surface area contributed by atoms with Crippen molar-refractivity contribution in [1.29, 1.82) is 0 Å². The van der Waals surface area contributed by atoms with Crippen LogP contribution in [0, 0.1) is 5.41 Å². The van der Waals surface area contributed by atoms with Crippen molar-refractivity contribution in [3.05, 3.63) is 53.2 Å². The Bertz CT molecular complexity index is 883. The summed E-state index contributed by atoms with van der Waals surface area (Å²) in [7, 11) is 0. The van der Waals surface area contributed by atoms with E-state index in [1.165, 1.54) is 5.56 Å². The molecule has 1 fully saturated rings. The zero-order valence-corrected chi connectivity index (χ0v) is 19.6. The van der Waals surface area contributed by atoms with Crippen molar-refractivity contribution in [3.8, 4) is 0 Å². The van der Waals surface area contributed by atoms with Gasteiger partial charge in [-0.05, 0) is 40.7 Å². The molecule has 2 heterocycles. The molecule has 0 bridgehead atoms. The van der Waals surface area contributed by atoms with Gasteiger partial charge < -0.3 is 15.1 Å². The molecular weight excluding hydrogens is 396 g/mol. The molecule has 0 spiro atoms. The first-order chi connectivity index (χ1) is 14.0. The Kier molecular flexibility index (Phi) is 6.32. The van der Waals surface area contributed by atoms with Crippen LogP contribution in [0.15, 0.2) is 42.6 Å². The van der Waals surface area contributed by atoms with E-state index in [-0.39, 0.29) is 22.9 Å².